The fourth-order valence-electron chi connectivity index (χ4n) is 5.32. The van der Waals surface area contributed by atoms with E-state index in [0.29, 0.717) is 11.7 Å². The van der Waals surface area contributed by atoms with E-state index in [0.717, 1.165) is 35.1 Å². The van der Waals surface area contributed by atoms with Crippen molar-refractivity contribution in [3.05, 3.63) is 65.5 Å². The normalized spacial score (nSPS) is 15.3. The van der Waals surface area contributed by atoms with Gasteiger partial charge in [0.05, 0.1) is 0 Å². The summed E-state index contributed by atoms with van der Waals surface area (Å²) in [7, 11) is 0. The van der Waals surface area contributed by atoms with Gasteiger partial charge in [0, 0.05) is 11.1 Å². The molecule has 1 aliphatic carbocycles. The molecule has 1 aromatic heterocycles. The molecule has 1 aliphatic rings. The van der Waals surface area contributed by atoms with Crippen molar-refractivity contribution < 1.29 is 19.4 Å². The standard InChI is InChI=1S/C33H42N2O4/c1-32(2,3)23-13-16-24(17-14-23)39-25-15-12-22-19-28(30(36)35-29(31(37)38)33(4,5)6)34-27(26(22)20-25)18-11-21-9-7-8-10-21/h12-17,19-21,29H,7-11,18H2,1-6H3,(H,35,36)(H,37,38). The van der Waals surface area contributed by atoms with E-state index in [4.69, 9.17) is 9.72 Å². The highest BCUT2D eigenvalue weighted by Gasteiger charge is 2.33. The van der Waals surface area contributed by atoms with Crippen LogP contribution < -0.4 is 10.1 Å². The zero-order chi connectivity index (χ0) is 28.4. The fraction of sp³-hybridized carbons (Fsp3) is 0.485. The lowest BCUT2D eigenvalue weighted by atomic mass is 9.86. The molecule has 3 aromatic rings. The third-order valence-corrected chi connectivity index (χ3v) is 7.72. The first kappa shape index (κ1) is 28.6. The van der Waals surface area contributed by atoms with Gasteiger partial charge in [-0.3, -0.25) is 4.79 Å². The number of nitrogens with one attached hydrogen (secondary N) is 1. The van der Waals surface area contributed by atoms with E-state index in [1.165, 1.54) is 31.2 Å². The predicted molar refractivity (Wildman–Crippen MR) is 156 cm³/mol. The number of aryl methyl sites for hydroxylation is 1. The molecule has 0 radical (unpaired) electrons. The van der Waals surface area contributed by atoms with Gasteiger partial charge in [0.2, 0.25) is 0 Å². The first-order valence-corrected chi connectivity index (χ1v) is 14.1. The molecule has 0 spiro atoms. The molecular formula is C33H42N2O4. The van der Waals surface area contributed by atoms with Crippen molar-refractivity contribution in [3.63, 3.8) is 0 Å². The number of carboxylic acids is 1. The zero-order valence-electron chi connectivity index (χ0n) is 24.1. The van der Waals surface area contributed by atoms with Gasteiger partial charge in [0.1, 0.15) is 23.2 Å². The zero-order valence-corrected chi connectivity index (χ0v) is 24.1. The van der Waals surface area contributed by atoms with Gasteiger partial charge in [0.25, 0.3) is 5.91 Å². The number of benzene rings is 2. The van der Waals surface area contributed by atoms with Crippen molar-refractivity contribution in [2.45, 2.75) is 91.5 Å². The molecular weight excluding hydrogens is 488 g/mol. The highest BCUT2D eigenvalue weighted by Crippen LogP contribution is 2.33. The van der Waals surface area contributed by atoms with Crippen molar-refractivity contribution in [3.8, 4) is 11.5 Å². The van der Waals surface area contributed by atoms with Crippen molar-refractivity contribution in [2.24, 2.45) is 11.3 Å². The highest BCUT2D eigenvalue weighted by molar-refractivity contribution is 5.99. The summed E-state index contributed by atoms with van der Waals surface area (Å²) in [6.45, 7) is 11.9. The Bertz CT molecular complexity index is 1330. The van der Waals surface area contributed by atoms with Crippen LogP contribution in [-0.2, 0) is 16.6 Å². The first-order valence-electron chi connectivity index (χ1n) is 14.1. The van der Waals surface area contributed by atoms with Gasteiger partial charge < -0.3 is 15.2 Å². The van der Waals surface area contributed by atoms with Crippen molar-refractivity contribution in [1.82, 2.24) is 10.3 Å². The van der Waals surface area contributed by atoms with Crippen LogP contribution >= 0.6 is 0 Å². The van der Waals surface area contributed by atoms with Crippen LogP contribution in [0.3, 0.4) is 0 Å². The molecule has 0 saturated heterocycles. The molecule has 1 atom stereocenters. The number of nitrogens with zero attached hydrogens (tertiary/aromatic N) is 1. The molecule has 4 rings (SSSR count). The van der Waals surface area contributed by atoms with Crippen LogP contribution in [0.25, 0.3) is 10.8 Å². The van der Waals surface area contributed by atoms with Crippen LogP contribution in [0.1, 0.15) is 95.4 Å². The minimum absolute atomic E-state index is 0.0722. The van der Waals surface area contributed by atoms with Crippen LogP contribution in [-0.4, -0.2) is 28.0 Å². The number of aromatic nitrogens is 1. The molecule has 0 bridgehead atoms. The number of carboxylic acid groups (broad SMARTS) is 1. The molecule has 2 N–H and O–H groups in total. The van der Waals surface area contributed by atoms with Crippen LogP contribution in [0.2, 0.25) is 0 Å². The Kier molecular flexibility index (Phi) is 8.34. The van der Waals surface area contributed by atoms with Gasteiger partial charge in [0.15, 0.2) is 0 Å². The molecule has 1 saturated carbocycles. The van der Waals surface area contributed by atoms with Crippen LogP contribution in [0.5, 0.6) is 11.5 Å². The number of carbonyl (C=O) groups is 2. The molecule has 6 nitrogen and oxygen atoms in total. The number of aliphatic carboxylic acids is 1. The summed E-state index contributed by atoms with van der Waals surface area (Å²) in [5, 5.41) is 14.2. The van der Waals surface area contributed by atoms with Gasteiger partial charge in [-0.25, -0.2) is 9.78 Å². The summed E-state index contributed by atoms with van der Waals surface area (Å²) in [5.74, 6) is 0.625. The van der Waals surface area contributed by atoms with E-state index in [1.807, 2.05) is 30.3 Å². The molecule has 1 heterocycles. The molecule has 1 unspecified atom stereocenters. The molecule has 1 amide bonds. The third kappa shape index (κ3) is 7.17. The Hall–Kier alpha value is -3.41. The average Bonchev–Trinajstić information content (AvgIpc) is 3.38. The molecule has 39 heavy (non-hydrogen) atoms. The molecule has 6 heteroatoms. The van der Waals surface area contributed by atoms with Crippen LogP contribution in [0, 0.1) is 11.3 Å². The lowest BCUT2D eigenvalue weighted by molar-refractivity contribution is -0.142. The Morgan fingerprint density at radius 1 is 0.974 bits per heavy atom. The maximum atomic E-state index is 13.2. The highest BCUT2D eigenvalue weighted by atomic mass is 16.5. The van der Waals surface area contributed by atoms with E-state index in [-0.39, 0.29) is 11.1 Å². The van der Waals surface area contributed by atoms with Crippen LogP contribution in [0.4, 0.5) is 0 Å². The van der Waals surface area contributed by atoms with Gasteiger partial charge in [-0.05, 0) is 70.9 Å². The smallest absolute Gasteiger partial charge is 0.326 e. The van der Waals surface area contributed by atoms with Gasteiger partial charge in [-0.1, -0.05) is 85.4 Å². The third-order valence-electron chi connectivity index (χ3n) is 7.72. The monoisotopic (exact) mass is 530 g/mol. The quantitative estimate of drug-likeness (QED) is 0.312. The van der Waals surface area contributed by atoms with E-state index >= 15 is 0 Å². The van der Waals surface area contributed by atoms with Crippen LogP contribution in [0.15, 0.2) is 48.5 Å². The Morgan fingerprint density at radius 2 is 1.62 bits per heavy atom. The topological polar surface area (TPSA) is 88.5 Å². The number of carbonyl (C=O) groups excluding carboxylic acids is 1. The number of hydrogen-bond donors (Lipinski definition) is 2. The summed E-state index contributed by atoms with van der Waals surface area (Å²) < 4.78 is 6.21. The fourth-order valence-corrected chi connectivity index (χ4v) is 5.32. The lowest BCUT2D eigenvalue weighted by Crippen LogP contribution is -2.49. The Labute approximate surface area is 232 Å². The van der Waals surface area contributed by atoms with Crippen molar-refractivity contribution in [1.29, 1.82) is 0 Å². The second-order valence-corrected chi connectivity index (χ2v) is 13.0. The van der Waals surface area contributed by atoms with Crippen molar-refractivity contribution >= 4 is 22.6 Å². The van der Waals surface area contributed by atoms with Gasteiger partial charge in [-0.2, -0.15) is 0 Å². The number of rotatable bonds is 8. The number of pyridine rings is 1. The average molecular weight is 531 g/mol. The summed E-state index contributed by atoms with van der Waals surface area (Å²) >= 11 is 0. The lowest BCUT2D eigenvalue weighted by Gasteiger charge is -2.27. The van der Waals surface area contributed by atoms with E-state index in [1.54, 1.807) is 26.8 Å². The predicted octanol–water partition coefficient (Wildman–Crippen LogP) is 7.68. The number of ether oxygens (including phenoxy) is 1. The van der Waals surface area contributed by atoms with E-state index in [9.17, 15) is 14.7 Å². The van der Waals surface area contributed by atoms with Gasteiger partial charge in [-0.15, -0.1) is 0 Å². The number of fused-ring (bicyclic) bond motifs is 1. The summed E-state index contributed by atoms with van der Waals surface area (Å²) in [4.78, 5) is 29.8. The van der Waals surface area contributed by atoms with E-state index in [2.05, 4.69) is 38.2 Å². The van der Waals surface area contributed by atoms with Crippen molar-refractivity contribution in [2.75, 3.05) is 0 Å². The molecule has 208 valence electrons. The maximum absolute atomic E-state index is 13.2. The second-order valence-electron chi connectivity index (χ2n) is 13.0. The minimum atomic E-state index is -1.06. The minimum Gasteiger partial charge on any atom is -0.480 e. The number of hydrogen-bond acceptors (Lipinski definition) is 4. The molecule has 0 aliphatic heterocycles. The summed E-state index contributed by atoms with van der Waals surface area (Å²) in [6.07, 6.45) is 6.80. The van der Waals surface area contributed by atoms with Gasteiger partial charge >= 0.3 is 5.97 Å². The maximum Gasteiger partial charge on any atom is 0.326 e. The summed E-state index contributed by atoms with van der Waals surface area (Å²) in [6, 6.07) is 14.7. The number of amides is 1. The first-order chi connectivity index (χ1) is 18.3. The Morgan fingerprint density at radius 3 is 2.21 bits per heavy atom. The summed E-state index contributed by atoms with van der Waals surface area (Å²) in [5.41, 5.74) is 1.77. The Balaban J connectivity index is 1.65. The SMILES string of the molecule is CC(C)(C)c1ccc(Oc2ccc3cc(C(=O)NC(C(=O)O)C(C)(C)C)nc(CCC4CCCC4)c3c2)cc1. The largest absolute Gasteiger partial charge is 0.480 e. The molecule has 2 aromatic carbocycles. The molecule has 1 fully saturated rings. The second kappa shape index (κ2) is 11.4. The van der Waals surface area contributed by atoms with E-state index < -0.39 is 23.3 Å².